The number of carbonyl (C=O) groups is 2. The van der Waals surface area contributed by atoms with Gasteiger partial charge in [0.2, 0.25) is 0 Å². The number of nitro benzene ring substituents is 1. The Labute approximate surface area is 162 Å². The molecule has 27 heavy (non-hydrogen) atoms. The number of nitrogens with one attached hydrogen (secondary N) is 2. The van der Waals surface area contributed by atoms with Gasteiger partial charge >= 0.3 is 0 Å². The molecule has 9 heteroatoms. The minimum atomic E-state index is -0.551. The van der Waals surface area contributed by atoms with E-state index in [-0.39, 0.29) is 28.5 Å². The third-order valence-electron chi connectivity index (χ3n) is 3.53. The van der Waals surface area contributed by atoms with Crippen molar-refractivity contribution >= 4 is 51.8 Å². The first-order valence-corrected chi connectivity index (χ1v) is 8.90. The molecule has 3 rings (SSSR count). The van der Waals surface area contributed by atoms with Gasteiger partial charge in [-0.05, 0) is 35.7 Å². The minimum absolute atomic E-state index is 0.143. The van der Waals surface area contributed by atoms with Gasteiger partial charge in [-0.3, -0.25) is 19.7 Å². The van der Waals surface area contributed by atoms with Crippen LogP contribution in [0.15, 0.2) is 60.0 Å². The van der Waals surface area contributed by atoms with Crippen molar-refractivity contribution in [1.29, 1.82) is 0 Å². The van der Waals surface area contributed by atoms with E-state index in [1.165, 1.54) is 53.8 Å². The number of rotatable bonds is 5. The van der Waals surface area contributed by atoms with E-state index >= 15 is 0 Å². The molecule has 0 aliphatic heterocycles. The normalized spacial score (nSPS) is 10.3. The second-order valence-corrected chi connectivity index (χ2v) is 6.77. The summed E-state index contributed by atoms with van der Waals surface area (Å²) in [5.41, 5.74) is 0.537. The van der Waals surface area contributed by atoms with Crippen LogP contribution in [-0.2, 0) is 0 Å². The number of non-ortho nitro benzene ring substituents is 1. The van der Waals surface area contributed by atoms with Crippen molar-refractivity contribution in [2.24, 2.45) is 0 Å². The van der Waals surface area contributed by atoms with Gasteiger partial charge in [0.05, 0.1) is 21.1 Å². The second-order valence-electron chi connectivity index (χ2n) is 5.38. The van der Waals surface area contributed by atoms with Crippen molar-refractivity contribution < 1.29 is 14.5 Å². The molecule has 2 amide bonds. The number of thiophene rings is 1. The second kappa shape index (κ2) is 7.98. The molecule has 0 bridgehead atoms. The van der Waals surface area contributed by atoms with Gasteiger partial charge in [0, 0.05) is 22.8 Å². The number of amides is 2. The zero-order valence-corrected chi connectivity index (χ0v) is 15.2. The lowest BCUT2D eigenvalue weighted by Gasteiger charge is -2.12. The van der Waals surface area contributed by atoms with E-state index in [4.69, 9.17) is 11.6 Å². The molecule has 0 spiro atoms. The Balaban J connectivity index is 1.85. The number of anilines is 2. The van der Waals surface area contributed by atoms with Gasteiger partial charge in [-0.25, -0.2) is 0 Å². The molecule has 2 N–H and O–H groups in total. The fourth-order valence-electron chi connectivity index (χ4n) is 2.31. The summed E-state index contributed by atoms with van der Waals surface area (Å²) >= 11 is 7.26. The van der Waals surface area contributed by atoms with Gasteiger partial charge in [-0.15, -0.1) is 11.3 Å². The highest BCUT2D eigenvalue weighted by Crippen LogP contribution is 2.24. The molecule has 0 saturated carbocycles. The van der Waals surface area contributed by atoms with Gasteiger partial charge < -0.3 is 10.6 Å². The monoisotopic (exact) mass is 401 g/mol. The Hall–Kier alpha value is -3.23. The van der Waals surface area contributed by atoms with Crippen molar-refractivity contribution in [3.8, 4) is 0 Å². The van der Waals surface area contributed by atoms with Crippen molar-refractivity contribution in [2.45, 2.75) is 0 Å². The lowest BCUT2D eigenvalue weighted by atomic mass is 10.1. The molecule has 3 aromatic rings. The highest BCUT2D eigenvalue weighted by atomic mass is 35.5. The van der Waals surface area contributed by atoms with E-state index in [2.05, 4.69) is 10.6 Å². The Morgan fingerprint density at radius 3 is 2.52 bits per heavy atom. The molecule has 7 nitrogen and oxygen atoms in total. The first-order chi connectivity index (χ1) is 12.9. The quantitative estimate of drug-likeness (QED) is 0.473. The lowest BCUT2D eigenvalue weighted by Crippen LogP contribution is -2.17. The number of carbonyl (C=O) groups excluding carboxylic acids is 2. The van der Waals surface area contributed by atoms with Crippen LogP contribution >= 0.6 is 22.9 Å². The molecular weight excluding hydrogens is 390 g/mol. The molecule has 1 aromatic heterocycles. The Kier molecular flexibility index (Phi) is 5.49. The van der Waals surface area contributed by atoms with Crippen LogP contribution in [-0.4, -0.2) is 16.7 Å². The summed E-state index contributed by atoms with van der Waals surface area (Å²) in [4.78, 5) is 35.7. The Morgan fingerprint density at radius 2 is 1.81 bits per heavy atom. The molecule has 1 heterocycles. The maximum atomic E-state index is 12.6. The fraction of sp³-hybridized carbons (Fsp3) is 0. The van der Waals surface area contributed by atoms with Gasteiger partial charge in [-0.1, -0.05) is 23.7 Å². The van der Waals surface area contributed by atoms with Crippen LogP contribution in [0.4, 0.5) is 17.1 Å². The fourth-order valence-corrected chi connectivity index (χ4v) is 3.10. The first kappa shape index (κ1) is 18.6. The molecule has 2 aromatic carbocycles. The van der Waals surface area contributed by atoms with E-state index in [0.29, 0.717) is 9.90 Å². The molecule has 0 saturated heterocycles. The smallest absolute Gasteiger partial charge is 0.271 e. The van der Waals surface area contributed by atoms with Crippen LogP contribution < -0.4 is 10.6 Å². The van der Waals surface area contributed by atoms with Crippen LogP contribution in [0.2, 0.25) is 5.02 Å². The van der Waals surface area contributed by atoms with Crippen molar-refractivity contribution in [1.82, 2.24) is 0 Å². The highest BCUT2D eigenvalue weighted by Gasteiger charge is 2.16. The minimum Gasteiger partial charge on any atom is -0.322 e. The molecule has 0 fully saturated rings. The summed E-state index contributed by atoms with van der Waals surface area (Å²) in [6.07, 6.45) is 0. The van der Waals surface area contributed by atoms with Crippen LogP contribution in [0, 0.1) is 10.1 Å². The summed E-state index contributed by atoms with van der Waals surface area (Å²) in [6.45, 7) is 0. The summed E-state index contributed by atoms with van der Waals surface area (Å²) in [7, 11) is 0. The van der Waals surface area contributed by atoms with Crippen LogP contribution in [0.1, 0.15) is 20.0 Å². The summed E-state index contributed by atoms with van der Waals surface area (Å²) in [6, 6.07) is 13.4. The average molecular weight is 402 g/mol. The van der Waals surface area contributed by atoms with Crippen LogP contribution in [0.25, 0.3) is 0 Å². The third-order valence-corrected chi connectivity index (χ3v) is 4.64. The topological polar surface area (TPSA) is 101 Å². The van der Waals surface area contributed by atoms with Crippen LogP contribution in [0.5, 0.6) is 0 Å². The maximum absolute atomic E-state index is 12.6. The van der Waals surface area contributed by atoms with E-state index in [9.17, 15) is 19.7 Å². The molecule has 0 atom stereocenters. The van der Waals surface area contributed by atoms with Gasteiger partial charge in [-0.2, -0.15) is 0 Å². The largest absolute Gasteiger partial charge is 0.322 e. The predicted molar refractivity (Wildman–Crippen MR) is 105 cm³/mol. The molecule has 0 radical (unpaired) electrons. The standard InChI is InChI=1S/C18H12ClN3O4S/c19-11-6-7-14(15(9-11)21-18(24)16-5-2-8-27-16)17(23)20-12-3-1-4-13(10-12)22(25)26/h1-10H,(H,20,23)(H,21,24). The number of nitro groups is 1. The zero-order chi connectivity index (χ0) is 19.4. The van der Waals surface area contributed by atoms with Crippen molar-refractivity contribution in [2.75, 3.05) is 10.6 Å². The zero-order valence-electron chi connectivity index (χ0n) is 13.6. The van der Waals surface area contributed by atoms with Crippen molar-refractivity contribution in [3.63, 3.8) is 0 Å². The van der Waals surface area contributed by atoms with E-state index in [1.54, 1.807) is 17.5 Å². The molecule has 0 aliphatic carbocycles. The third kappa shape index (κ3) is 4.49. The number of halogens is 1. The van der Waals surface area contributed by atoms with Gasteiger partial charge in [0.15, 0.2) is 0 Å². The molecule has 136 valence electrons. The molecule has 0 aliphatic rings. The number of hydrogen-bond donors (Lipinski definition) is 2. The molecular formula is C18H12ClN3O4S. The van der Waals surface area contributed by atoms with E-state index < -0.39 is 10.8 Å². The SMILES string of the molecule is O=C(Nc1cc(Cl)ccc1C(=O)Nc1cccc([N+](=O)[O-])c1)c1cccs1. The molecule has 0 unspecified atom stereocenters. The summed E-state index contributed by atoms with van der Waals surface area (Å²) in [5, 5.41) is 18.2. The summed E-state index contributed by atoms with van der Waals surface area (Å²) < 4.78 is 0. The predicted octanol–water partition coefficient (Wildman–Crippen LogP) is 4.81. The van der Waals surface area contributed by atoms with E-state index in [1.807, 2.05) is 0 Å². The number of benzene rings is 2. The van der Waals surface area contributed by atoms with Gasteiger partial charge in [0.25, 0.3) is 17.5 Å². The number of nitrogens with zero attached hydrogens (tertiary/aromatic N) is 1. The van der Waals surface area contributed by atoms with Gasteiger partial charge in [0.1, 0.15) is 0 Å². The lowest BCUT2D eigenvalue weighted by molar-refractivity contribution is -0.384. The highest BCUT2D eigenvalue weighted by molar-refractivity contribution is 7.12. The van der Waals surface area contributed by atoms with E-state index in [0.717, 1.165) is 0 Å². The number of hydrogen-bond acceptors (Lipinski definition) is 5. The first-order valence-electron chi connectivity index (χ1n) is 7.64. The average Bonchev–Trinajstić information content (AvgIpc) is 3.16. The Morgan fingerprint density at radius 1 is 1.00 bits per heavy atom. The van der Waals surface area contributed by atoms with Crippen LogP contribution in [0.3, 0.4) is 0 Å². The Bertz CT molecular complexity index is 1020. The maximum Gasteiger partial charge on any atom is 0.271 e. The van der Waals surface area contributed by atoms with Crippen molar-refractivity contribution in [3.05, 3.63) is 85.6 Å². The summed E-state index contributed by atoms with van der Waals surface area (Å²) in [5.74, 6) is -0.898.